The quantitative estimate of drug-likeness (QED) is 0.318. The summed E-state index contributed by atoms with van der Waals surface area (Å²) in [5, 5.41) is 12.8. The largest absolute Gasteiger partial charge is 0.461 e. The average molecular weight is 588 g/mol. The summed E-state index contributed by atoms with van der Waals surface area (Å²) in [4.78, 5) is 45.1. The Hall–Kier alpha value is -4.32. The molecule has 12 heteroatoms. The summed E-state index contributed by atoms with van der Waals surface area (Å²) in [5.74, 6) is -0.140. The minimum atomic E-state index is -0.445. The zero-order valence-electron chi connectivity index (χ0n) is 24.4. The van der Waals surface area contributed by atoms with E-state index in [0.717, 1.165) is 24.3 Å². The lowest BCUT2D eigenvalue weighted by molar-refractivity contribution is -0.142. The van der Waals surface area contributed by atoms with Gasteiger partial charge in [-0.05, 0) is 54.0 Å². The molecule has 4 aromatic rings. The molecule has 42 heavy (non-hydrogen) atoms. The fourth-order valence-electron chi connectivity index (χ4n) is 5.92. The molecular formula is C30H33N7O4S. The van der Waals surface area contributed by atoms with Crippen LogP contribution >= 0.6 is 11.3 Å². The highest BCUT2D eigenvalue weighted by atomic mass is 32.1. The predicted octanol–water partition coefficient (Wildman–Crippen LogP) is 4.25. The van der Waals surface area contributed by atoms with Gasteiger partial charge in [0.2, 0.25) is 5.13 Å². The van der Waals surface area contributed by atoms with Crippen LogP contribution in [-0.2, 0) is 49.0 Å². The molecule has 0 aromatic carbocycles. The van der Waals surface area contributed by atoms with Crippen LogP contribution in [0.1, 0.15) is 60.0 Å². The molecule has 1 aliphatic carbocycles. The van der Waals surface area contributed by atoms with Gasteiger partial charge in [0.25, 0.3) is 11.5 Å². The van der Waals surface area contributed by atoms with E-state index in [1.54, 1.807) is 36.5 Å². The maximum absolute atomic E-state index is 13.9. The topological polar surface area (TPSA) is 124 Å². The summed E-state index contributed by atoms with van der Waals surface area (Å²) in [5.41, 5.74) is 5.41. The van der Waals surface area contributed by atoms with E-state index in [4.69, 9.17) is 4.74 Å². The van der Waals surface area contributed by atoms with Crippen molar-refractivity contribution in [2.24, 2.45) is 12.5 Å². The van der Waals surface area contributed by atoms with Crippen molar-refractivity contribution < 1.29 is 14.3 Å². The van der Waals surface area contributed by atoms with E-state index >= 15 is 0 Å². The molecule has 2 aliphatic rings. The molecule has 0 radical (unpaired) electrons. The second kappa shape index (κ2) is 10.5. The van der Waals surface area contributed by atoms with Gasteiger partial charge in [0, 0.05) is 56.3 Å². The standard InChI is InChI=1S/C30H33N7O4S/c1-6-25-33-34-29(42-25)32-22-11-19(15-35(5)27(22)39)20-7-8-31-26(21(20)16-41-17(2)38)37-10-9-36-23(28(37)40)12-18-13-30(3,4)14-24(18)36/h7-8,11-12,15H,6,9-10,13-14,16H2,1-5H3,(H,32,34). The van der Waals surface area contributed by atoms with Gasteiger partial charge in [-0.15, -0.1) is 10.2 Å². The number of aromatic nitrogens is 5. The number of carbonyl (C=O) groups is 2. The number of carbonyl (C=O) groups excluding carboxylic acids is 2. The molecular weight excluding hydrogens is 554 g/mol. The van der Waals surface area contributed by atoms with Crippen LogP contribution in [0.3, 0.4) is 0 Å². The van der Waals surface area contributed by atoms with Crippen molar-refractivity contribution in [2.75, 3.05) is 16.8 Å². The number of aryl methyl sites for hydroxylation is 2. The number of ether oxygens (including phenoxy) is 1. The first-order chi connectivity index (χ1) is 20.0. The third-order valence-electron chi connectivity index (χ3n) is 7.84. The first-order valence-electron chi connectivity index (χ1n) is 14.0. The highest BCUT2D eigenvalue weighted by molar-refractivity contribution is 7.15. The van der Waals surface area contributed by atoms with E-state index in [0.29, 0.717) is 52.1 Å². The van der Waals surface area contributed by atoms with Crippen molar-refractivity contribution in [1.82, 2.24) is 24.3 Å². The summed E-state index contributed by atoms with van der Waals surface area (Å²) in [6.07, 6.45) is 6.00. The second-order valence-corrected chi connectivity index (χ2v) is 12.7. The van der Waals surface area contributed by atoms with Gasteiger partial charge in [0.05, 0.1) is 0 Å². The third-order valence-corrected chi connectivity index (χ3v) is 8.82. The number of esters is 1. The molecule has 5 heterocycles. The first kappa shape index (κ1) is 27.8. The molecule has 6 rings (SSSR count). The molecule has 11 nitrogen and oxygen atoms in total. The maximum atomic E-state index is 13.9. The van der Waals surface area contributed by atoms with Gasteiger partial charge in [-0.25, -0.2) is 4.98 Å². The van der Waals surface area contributed by atoms with Crippen molar-refractivity contribution in [3.63, 3.8) is 0 Å². The molecule has 0 fully saturated rings. The lowest BCUT2D eigenvalue weighted by Gasteiger charge is -2.31. The molecule has 218 valence electrons. The van der Waals surface area contributed by atoms with Crippen molar-refractivity contribution in [1.29, 1.82) is 0 Å². The molecule has 1 aliphatic heterocycles. The Balaban J connectivity index is 1.40. The summed E-state index contributed by atoms with van der Waals surface area (Å²) in [7, 11) is 1.67. The molecule has 0 unspecified atom stereocenters. The van der Waals surface area contributed by atoms with Crippen LogP contribution in [0.25, 0.3) is 11.1 Å². The summed E-state index contributed by atoms with van der Waals surface area (Å²) in [6, 6.07) is 5.57. The molecule has 0 atom stereocenters. The van der Waals surface area contributed by atoms with Crippen LogP contribution in [-0.4, -0.2) is 42.7 Å². The third kappa shape index (κ3) is 5.00. The molecule has 4 aromatic heterocycles. The molecule has 0 spiro atoms. The van der Waals surface area contributed by atoms with E-state index in [1.807, 2.05) is 13.0 Å². The van der Waals surface area contributed by atoms with Crippen LogP contribution in [0.4, 0.5) is 16.6 Å². The minimum absolute atomic E-state index is 0.0782. The Morgan fingerprint density at radius 1 is 1.17 bits per heavy atom. The Bertz CT molecular complexity index is 1780. The van der Waals surface area contributed by atoms with E-state index in [-0.39, 0.29) is 23.5 Å². The number of amides is 1. The van der Waals surface area contributed by atoms with Gasteiger partial charge in [0.1, 0.15) is 28.8 Å². The second-order valence-electron chi connectivity index (χ2n) is 11.6. The zero-order chi connectivity index (χ0) is 29.8. The average Bonchev–Trinajstić information content (AvgIpc) is 3.62. The van der Waals surface area contributed by atoms with Crippen LogP contribution < -0.4 is 15.8 Å². The maximum Gasteiger partial charge on any atom is 0.302 e. The number of hydrogen-bond donors (Lipinski definition) is 1. The van der Waals surface area contributed by atoms with Gasteiger partial charge < -0.3 is 19.2 Å². The van der Waals surface area contributed by atoms with Gasteiger partial charge in [0.15, 0.2) is 0 Å². The number of pyridine rings is 2. The number of nitrogens with one attached hydrogen (secondary N) is 1. The summed E-state index contributed by atoms with van der Waals surface area (Å²) < 4.78 is 9.11. The highest BCUT2D eigenvalue weighted by Crippen LogP contribution is 2.40. The number of nitrogens with zero attached hydrogens (tertiary/aromatic N) is 6. The van der Waals surface area contributed by atoms with Gasteiger partial charge in [-0.2, -0.15) is 0 Å². The smallest absolute Gasteiger partial charge is 0.302 e. The first-order valence-corrected chi connectivity index (χ1v) is 14.8. The van der Waals surface area contributed by atoms with E-state index in [9.17, 15) is 14.4 Å². The summed E-state index contributed by atoms with van der Waals surface area (Å²) >= 11 is 1.39. The lowest BCUT2D eigenvalue weighted by Crippen LogP contribution is -2.41. The molecule has 0 saturated carbocycles. The van der Waals surface area contributed by atoms with Crippen molar-refractivity contribution in [3.8, 4) is 11.1 Å². The van der Waals surface area contributed by atoms with Crippen LogP contribution in [0.2, 0.25) is 0 Å². The van der Waals surface area contributed by atoms with Gasteiger partial charge in [-0.3, -0.25) is 19.3 Å². The predicted molar refractivity (Wildman–Crippen MR) is 160 cm³/mol. The number of anilines is 3. The van der Waals surface area contributed by atoms with Crippen LogP contribution in [0.5, 0.6) is 0 Å². The van der Waals surface area contributed by atoms with Crippen molar-refractivity contribution >= 4 is 39.9 Å². The van der Waals surface area contributed by atoms with Gasteiger partial charge in [-0.1, -0.05) is 32.1 Å². The fraction of sp³-hybridized carbons (Fsp3) is 0.400. The Kier molecular flexibility index (Phi) is 6.96. The minimum Gasteiger partial charge on any atom is -0.461 e. The SMILES string of the molecule is CCc1nnc(Nc2cc(-c3ccnc(N4CCn5c(cc6c5CC(C)(C)C6)C4=O)c3COC(C)=O)cn(C)c2=O)s1. The molecule has 1 N–H and O–H groups in total. The Morgan fingerprint density at radius 3 is 2.71 bits per heavy atom. The monoisotopic (exact) mass is 587 g/mol. The normalized spacial score (nSPS) is 15.5. The number of hydrogen-bond acceptors (Lipinski definition) is 9. The van der Waals surface area contributed by atoms with Crippen molar-refractivity contribution in [3.05, 3.63) is 68.5 Å². The zero-order valence-corrected chi connectivity index (χ0v) is 25.2. The highest BCUT2D eigenvalue weighted by Gasteiger charge is 2.37. The van der Waals surface area contributed by atoms with E-state index in [1.165, 1.54) is 34.1 Å². The Labute approximate surface area is 247 Å². The fourth-order valence-corrected chi connectivity index (χ4v) is 6.62. The van der Waals surface area contributed by atoms with Gasteiger partial charge >= 0.3 is 5.97 Å². The molecule has 0 bridgehead atoms. The lowest BCUT2D eigenvalue weighted by atomic mass is 9.90. The van der Waals surface area contributed by atoms with E-state index in [2.05, 4.69) is 38.9 Å². The number of rotatable bonds is 7. The molecule has 1 amide bonds. The summed E-state index contributed by atoms with van der Waals surface area (Å²) in [6.45, 7) is 8.86. The van der Waals surface area contributed by atoms with Crippen LogP contribution in [0, 0.1) is 5.41 Å². The van der Waals surface area contributed by atoms with Crippen LogP contribution in [0.15, 0.2) is 35.4 Å². The molecule has 0 saturated heterocycles. The number of fused-ring (bicyclic) bond motifs is 3. The van der Waals surface area contributed by atoms with Crippen molar-refractivity contribution in [2.45, 2.75) is 60.1 Å². The van der Waals surface area contributed by atoms with E-state index < -0.39 is 5.97 Å². The Morgan fingerprint density at radius 2 is 1.98 bits per heavy atom.